The number of imidazole rings is 1. The van der Waals surface area contributed by atoms with E-state index in [0.29, 0.717) is 24.4 Å². The zero-order chi connectivity index (χ0) is 21.8. The number of fused-ring (bicyclic) bond motifs is 1. The number of benzene rings is 1. The number of rotatable bonds is 7. The van der Waals surface area contributed by atoms with Crippen LogP contribution >= 0.6 is 11.6 Å². The normalized spacial score (nSPS) is 10.8. The smallest absolute Gasteiger partial charge is 0.289 e. The van der Waals surface area contributed by atoms with Crippen LogP contribution in [0.5, 0.6) is 0 Å². The maximum Gasteiger partial charge on any atom is 0.289 e. The van der Waals surface area contributed by atoms with E-state index in [1.54, 1.807) is 17.5 Å². The molecule has 2 aromatic heterocycles. The van der Waals surface area contributed by atoms with Gasteiger partial charge in [-0.3, -0.25) is 24.1 Å². The molecule has 3 rings (SSSR count). The van der Waals surface area contributed by atoms with Crippen molar-refractivity contribution in [2.75, 3.05) is 11.9 Å². The molecule has 9 nitrogen and oxygen atoms in total. The maximum absolute atomic E-state index is 12.6. The second-order valence-corrected chi connectivity index (χ2v) is 7.17. The van der Waals surface area contributed by atoms with E-state index in [1.807, 2.05) is 19.1 Å². The molecule has 30 heavy (non-hydrogen) atoms. The highest BCUT2D eigenvalue weighted by Crippen LogP contribution is 2.27. The molecular formula is C20H20ClN5O4. The van der Waals surface area contributed by atoms with Crippen molar-refractivity contribution in [1.82, 2.24) is 14.7 Å². The first-order chi connectivity index (χ1) is 14.3. The Hall–Kier alpha value is -3.46. The van der Waals surface area contributed by atoms with E-state index in [-0.39, 0.29) is 34.6 Å². The van der Waals surface area contributed by atoms with Crippen LogP contribution in [0.4, 0.5) is 11.4 Å². The lowest BCUT2D eigenvalue weighted by molar-refractivity contribution is -0.384. The standard InChI is InChI=1S/C20H20ClN5O4/c1-12-5-4-10-25-18(13(2)23-19(12)25)20(28)22-9-3-6-17(27)24-14-7-8-15(21)16(11-14)26(29)30/h4-5,7-8,10-11H,3,6,9H2,1-2H3,(H,22,28)(H,24,27). The van der Waals surface area contributed by atoms with Gasteiger partial charge < -0.3 is 10.6 Å². The molecule has 0 bridgehead atoms. The second kappa shape index (κ2) is 8.91. The highest BCUT2D eigenvalue weighted by atomic mass is 35.5. The number of nitro benzene ring substituents is 1. The lowest BCUT2D eigenvalue weighted by Crippen LogP contribution is -2.27. The van der Waals surface area contributed by atoms with Gasteiger partial charge in [0.25, 0.3) is 11.6 Å². The van der Waals surface area contributed by atoms with Crippen molar-refractivity contribution in [3.8, 4) is 0 Å². The molecule has 0 aliphatic rings. The number of halogens is 1. The van der Waals surface area contributed by atoms with Crippen molar-refractivity contribution < 1.29 is 14.5 Å². The number of pyridine rings is 1. The first kappa shape index (κ1) is 21.3. The third-order valence-corrected chi connectivity index (χ3v) is 4.85. The predicted molar refractivity (Wildman–Crippen MR) is 113 cm³/mol. The van der Waals surface area contributed by atoms with E-state index >= 15 is 0 Å². The van der Waals surface area contributed by atoms with Gasteiger partial charge in [-0.2, -0.15) is 0 Å². The third-order valence-electron chi connectivity index (χ3n) is 4.53. The van der Waals surface area contributed by atoms with Gasteiger partial charge in [-0.05, 0) is 44.0 Å². The highest BCUT2D eigenvalue weighted by Gasteiger charge is 2.17. The van der Waals surface area contributed by atoms with E-state index in [1.165, 1.54) is 18.2 Å². The molecule has 0 saturated heterocycles. The minimum atomic E-state index is -0.614. The molecule has 2 heterocycles. The van der Waals surface area contributed by atoms with Crippen molar-refractivity contribution in [3.63, 3.8) is 0 Å². The van der Waals surface area contributed by atoms with E-state index in [2.05, 4.69) is 15.6 Å². The largest absolute Gasteiger partial charge is 0.351 e. The van der Waals surface area contributed by atoms with Crippen molar-refractivity contribution in [2.45, 2.75) is 26.7 Å². The topological polar surface area (TPSA) is 119 Å². The van der Waals surface area contributed by atoms with E-state index in [0.717, 1.165) is 11.2 Å². The SMILES string of the molecule is Cc1nc2c(C)cccn2c1C(=O)NCCCC(=O)Nc1ccc(Cl)c([N+](=O)[O-])c1. The summed E-state index contributed by atoms with van der Waals surface area (Å²) in [6, 6.07) is 7.83. The first-order valence-electron chi connectivity index (χ1n) is 9.24. The fourth-order valence-electron chi connectivity index (χ4n) is 3.08. The van der Waals surface area contributed by atoms with Gasteiger partial charge in [0.15, 0.2) is 0 Å². The molecule has 2 amide bonds. The average Bonchev–Trinajstić information content (AvgIpc) is 3.04. The molecule has 2 N–H and O–H groups in total. The summed E-state index contributed by atoms with van der Waals surface area (Å²) in [7, 11) is 0. The Balaban J connectivity index is 1.53. The summed E-state index contributed by atoms with van der Waals surface area (Å²) < 4.78 is 1.75. The van der Waals surface area contributed by atoms with Crippen molar-refractivity contribution in [2.24, 2.45) is 0 Å². The number of nitro groups is 1. The number of carbonyl (C=O) groups is 2. The van der Waals surface area contributed by atoms with Gasteiger partial charge in [-0.25, -0.2) is 4.98 Å². The number of aromatic nitrogens is 2. The molecule has 0 radical (unpaired) electrons. The molecule has 0 atom stereocenters. The van der Waals surface area contributed by atoms with Crippen LogP contribution in [0.25, 0.3) is 5.65 Å². The fraction of sp³-hybridized carbons (Fsp3) is 0.250. The molecule has 0 fully saturated rings. The third kappa shape index (κ3) is 4.57. The van der Waals surface area contributed by atoms with E-state index in [4.69, 9.17) is 11.6 Å². The van der Waals surface area contributed by atoms with Gasteiger partial charge in [0.1, 0.15) is 16.4 Å². The molecule has 1 aromatic carbocycles. The van der Waals surface area contributed by atoms with Gasteiger partial charge in [0.05, 0.1) is 10.6 Å². The van der Waals surface area contributed by atoms with Gasteiger partial charge in [0, 0.05) is 30.9 Å². The molecule has 0 spiro atoms. The lowest BCUT2D eigenvalue weighted by atomic mass is 10.2. The Morgan fingerprint density at radius 1 is 1.27 bits per heavy atom. The summed E-state index contributed by atoms with van der Waals surface area (Å²) in [6.07, 6.45) is 2.33. The Morgan fingerprint density at radius 2 is 2.03 bits per heavy atom. The predicted octanol–water partition coefficient (Wildman–Crippen LogP) is 3.66. The second-order valence-electron chi connectivity index (χ2n) is 6.76. The monoisotopic (exact) mass is 429 g/mol. The molecule has 10 heteroatoms. The lowest BCUT2D eigenvalue weighted by Gasteiger charge is -2.08. The van der Waals surface area contributed by atoms with E-state index in [9.17, 15) is 19.7 Å². The highest BCUT2D eigenvalue weighted by molar-refractivity contribution is 6.32. The van der Waals surface area contributed by atoms with Crippen LogP contribution in [-0.4, -0.2) is 32.7 Å². The van der Waals surface area contributed by atoms with Gasteiger partial charge in [0.2, 0.25) is 5.91 Å². The molecule has 156 valence electrons. The van der Waals surface area contributed by atoms with Crippen molar-refractivity contribution in [1.29, 1.82) is 0 Å². The summed E-state index contributed by atoms with van der Waals surface area (Å²) in [4.78, 5) is 39.4. The van der Waals surface area contributed by atoms with Gasteiger partial charge in [-0.1, -0.05) is 17.7 Å². The molecular weight excluding hydrogens is 410 g/mol. The molecule has 0 saturated carbocycles. The Labute approximate surface area is 177 Å². The zero-order valence-electron chi connectivity index (χ0n) is 16.4. The van der Waals surface area contributed by atoms with Crippen LogP contribution in [0.3, 0.4) is 0 Å². The number of hydrogen-bond acceptors (Lipinski definition) is 5. The summed E-state index contributed by atoms with van der Waals surface area (Å²) in [6.45, 7) is 4.00. The van der Waals surface area contributed by atoms with Crippen LogP contribution in [0.2, 0.25) is 5.02 Å². The Kier molecular flexibility index (Phi) is 6.31. The summed E-state index contributed by atoms with van der Waals surface area (Å²) in [5.74, 6) is -0.582. The maximum atomic E-state index is 12.6. The minimum Gasteiger partial charge on any atom is -0.351 e. The van der Waals surface area contributed by atoms with Crippen LogP contribution in [0.1, 0.15) is 34.6 Å². The van der Waals surface area contributed by atoms with Crippen LogP contribution < -0.4 is 10.6 Å². The number of amides is 2. The van der Waals surface area contributed by atoms with Crippen molar-refractivity contribution >= 4 is 40.4 Å². The van der Waals surface area contributed by atoms with Gasteiger partial charge in [-0.15, -0.1) is 0 Å². The summed E-state index contributed by atoms with van der Waals surface area (Å²) in [5.41, 5.74) is 2.81. The van der Waals surface area contributed by atoms with E-state index < -0.39 is 4.92 Å². The van der Waals surface area contributed by atoms with Crippen LogP contribution in [-0.2, 0) is 4.79 Å². The van der Waals surface area contributed by atoms with Crippen LogP contribution in [0.15, 0.2) is 36.5 Å². The number of carbonyl (C=O) groups excluding carboxylic acids is 2. The fourth-order valence-corrected chi connectivity index (χ4v) is 3.27. The van der Waals surface area contributed by atoms with Crippen LogP contribution in [0, 0.1) is 24.0 Å². The zero-order valence-corrected chi connectivity index (χ0v) is 17.2. The number of hydrogen-bond donors (Lipinski definition) is 2. The quantitative estimate of drug-likeness (QED) is 0.337. The number of nitrogens with zero attached hydrogens (tertiary/aromatic N) is 3. The summed E-state index contributed by atoms with van der Waals surface area (Å²) in [5, 5.41) is 16.3. The molecule has 0 aliphatic heterocycles. The number of aryl methyl sites for hydroxylation is 2. The minimum absolute atomic E-state index is 0.00130. The number of nitrogens with one attached hydrogen (secondary N) is 2. The Bertz CT molecular complexity index is 1140. The molecule has 0 unspecified atom stereocenters. The Morgan fingerprint density at radius 3 is 2.77 bits per heavy atom. The van der Waals surface area contributed by atoms with Crippen molar-refractivity contribution in [3.05, 3.63) is 68.6 Å². The molecule has 3 aromatic rings. The summed E-state index contributed by atoms with van der Waals surface area (Å²) >= 11 is 5.76. The van der Waals surface area contributed by atoms with Gasteiger partial charge >= 0.3 is 0 Å². The number of anilines is 1. The molecule has 0 aliphatic carbocycles. The first-order valence-corrected chi connectivity index (χ1v) is 9.62. The average molecular weight is 430 g/mol.